The Balaban J connectivity index is 1.16. The van der Waals surface area contributed by atoms with Gasteiger partial charge < -0.3 is 16.4 Å². The molecule has 3 aliphatic rings. The fourth-order valence-electron chi connectivity index (χ4n) is 6.67. The molecule has 4 heteroatoms. The molecule has 4 nitrogen and oxygen atoms in total. The van der Waals surface area contributed by atoms with Crippen molar-refractivity contribution in [2.75, 3.05) is 19.6 Å². The fourth-order valence-corrected chi connectivity index (χ4v) is 6.67. The quantitative estimate of drug-likeness (QED) is 0.745. The monoisotopic (exact) mass is 403 g/mol. The van der Waals surface area contributed by atoms with Crippen LogP contribution in [0.2, 0.25) is 0 Å². The smallest absolute Gasteiger partial charge is 0.248 e. The van der Waals surface area contributed by atoms with Gasteiger partial charge in [-0.15, -0.1) is 0 Å². The molecule has 1 saturated heterocycles. The van der Waals surface area contributed by atoms with E-state index in [2.05, 4.69) is 42.2 Å². The number of likely N-dealkylation sites (tertiary alicyclic amines) is 1. The van der Waals surface area contributed by atoms with Crippen LogP contribution in [0.3, 0.4) is 0 Å². The Morgan fingerprint density at radius 1 is 1.07 bits per heavy atom. The Kier molecular flexibility index (Phi) is 4.75. The average Bonchev–Trinajstić information content (AvgIpc) is 3.02. The zero-order valence-corrected chi connectivity index (χ0v) is 17.9. The summed E-state index contributed by atoms with van der Waals surface area (Å²) in [5.74, 6) is 1.07. The van der Waals surface area contributed by atoms with E-state index < -0.39 is 0 Å². The molecule has 1 heterocycles. The van der Waals surface area contributed by atoms with Gasteiger partial charge in [-0.05, 0) is 79.3 Å². The number of carbonyl (C=O) groups excluding carboxylic acids is 1. The molecular weight excluding hydrogens is 370 g/mol. The molecule has 5 rings (SSSR count). The summed E-state index contributed by atoms with van der Waals surface area (Å²) in [6, 6.07) is 16.7. The molecule has 1 saturated carbocycles. The zero-order valence-electron chi connectivity index (χ0n) is 17.9. The molecule has 2 fully saturated rings. The first-order valence-corrected chi connectivity index (χ1v) is 11.4. The summed E-state index contributed by atoms with van der Waals surface area (Å²) >= 11 is 0. The van der Waals surface area contributed by atoms with Crippen LogP contribution in [0.1, 0.15) is 53.2 Å². The second kappa shape index (κ2) is 7.21. The second-order valence-electron chi connectivity index (χ2n) is 9.90. The van der Waals surface area contributed by atoms with Gasteiger partial charge in [-0.3, -0.25) is 4.79 Å². The summed E-state index contributed by atoms with van der Waals surface area (Å²) in [5, 5.41) is 0. The summed E-state index contributed by atoms with van der Waals surface area (Å²) in [7, 11) is 0. The van der Waals surface area contributed by atoms with Crippen LogP contribution in [0.25, 0.3) is 0 Å². The van der Waals surface area contributed by atoms with Gasteiger partial charge in [0.2, 0.25) is 5.91 Å². The normalized spacial score (nSPS) is 28.9. The van der Waals surface area contributed by atoms with Gasteiger partial charge in [0.05, 0.1) is 0 Å². The minimum atomic E-state index is -0.333. The number of nitrogens with two attached hydrogens (primary N) is 2. The van der Waals surface area contributed by atoms with Gasteiger partial charge in [0.15, 0.2) is 0 Å². The zero-order chi connectivity index (χ0) is 20.9. The van der Waals surface area contributed by atoms with Gasteiger partial charge in [-0.1, -0.05) is 43.3 Å². The number of primary amides is 1. The van der Waals surface area contributed by atoms with Crippen molar-refractivity contribution in [2.24, 2.45) is 23.3 Å². The summed E-state index contributed by atoms with van der Waals surface area (Å²) in [4.78, 5) is 14.2. The Morgan fingerprint density at radius 2 is 1.73 bits per heavy atom. The number of hydrogen-bond acceptors (Lipinski definition) is 3. The summed E-state index contributed by atoms with van der Waals surface area (Å²) < 4.78 is 0. The van der Waals surface area contributed by atoms with E-state index in [0.29, 0.717) is 17.4 Å². The van der Waals surface area contributed by atoms with Gasteiger partial charge in [0.1, 0.15) is 0 Å². The standard InChI is InChI=1S/C26H33N3O/c1-2-26(21-10-5-9-18(13-21)24(27)30)22-16-29(17-23(22)26)12-6-11-25(28)14-19-7-3-4-8-20(19)15-25/h3-5,7-10,13,22-23H,2,6,11-12,14-17,28H2,1H3,(H2,27,30). The highest BCUT2D eigenvalue weighted by Gasteiger charge is 2.67. The predicted molar refractivity (Wildman–Crippen MR) is 120 cm³/mol. The number of fused-ring (bicyclic) bond motifs is 2. The third-order valence-corrected chi connectivity index (χ3v) is 8.23. The number of carbonyl (C=O) groups is 1. The molecule has 2 unspecified atom stereocenters. The number of hydrogen-bond donors (Lipinski definition) is 2. The molecule has 158 valence electrons. The van der Waals surface area contributed by atoms with Crippen molar-refractivity contribution in [3.63, 3.8) is 0 Å². The average molecular weight is 404 g/mol. The van der Waals surface area contributed by atoms with E-state index in [0.717, 1.165) is 45.3 Å². The molecule has 2 aromatic rings. The SMILES string of the molecule is CCC1(c2cccc(C(N)=O)c2)C2CN(CCCC3(N)Cc4ccccc4C3)CC21. The minimum absolute atomic E-state index is 0.0608. The molecule has 1 amide bonds. The molecule has 0 radical (unpaired) electrons. The third-order valence-electron chi connectivity index (χ3n) is 8.23. The highest BCUT2D eigenvalue weighted by atomic mass is 16.1. The lowest BCUT2D eigenvalue weighted by molar-refractivity contribution is 0.1000. The number of amides is 1. The lowest BCUT2D eigenvalue weighted by atomic mass is 9.86. The van der Waals surface area contributed by atoms with Crippen molar-refractivity contribution in [3.8, 4) is 0 Å². The van der Waals surface area contributed by atoms with Crippen LogP contribution in [0.5, 0.6) is 0 Å². The van der Waals surface area contributed by atoms with E-state index >= 15 is 0 Å². The maximum atomic E-state index is 11.6. The van der Waals surface area contributed by atoms with E-state index in [4.69, 9.17) is 11.5 Å². The highest BCUT2D eigenvalue weighted by Crippen LogP contribution is 2.65. The van der Waals surface area contributed by atoms with E-state index in [1.165, 1.54) is 23.1 Å². The van der Waals surface area contributed by atoms with Crippen molar-refractivity contribution in [1.29, 1.82) is 0 Å². The first-order chi connectivity index (χ1) is 14.4. The fraction of sp³-hybridized carbons (Fsp3) is 0.500. The van der Waals surface area contributed by atoms with E-state index in [1.807, 2.05) is 18.2 Å². The number of nitrogens with zero attached hydrogens (tertiary/aromatic N) is 1. The van der Waals surface area contributed by atoms with Gasteiger partial charge in [-0.25, -0.2) is 0 Å². The minimum Gasteiger partial charge on any atom is -0.366 e. The van der Waals surface area contributed by atoms with E-state index in [1.54, 1.807) is 0 Å². The molecule has 2 aliphatic carbocycles. The van der Waals surface area contributed by atoms with Crippen LogP contribution in [-0.2, 0) is 18.3 Å². The van der Waals surface area contributed by atoms with Crippen molar-refractivity contribution in [3.05, 3.63) is 70.8 Å². The van der Waals surface area contributed by atoms with Crippen LogP contribution in [0.4, 0.5) is 0 Å². The van der Waals surface area contributed by atoms with E-state index in [9.17, 15) is 4.79 Å². The highest BCUT2D eigenvalue weighted by molar-refractivity contribution is 5.93. The van der Waals surface area contributed by atoms with Crippen LogP contribution in [0.15, 0.2) is 48.5 Å². The predicted octanol–water partition coefficient (Wildman–Crippen LogP) is 3.27. The van der Waals surface area contributed by atoms with Gasteiger partial charge in [0, 0.05) is 29.6 Å². The summed E-state index contributed by atoms with van der Waals surface area (Å²) in [6.45, 7) is 5.76. The van der Waals surface area contributed by atoms with Crippen LogP contribution in [0, 0.1) is 11.8 Å². The molecule has 4 N–H and O–H groups in total. The van der Waals surface area contributed by atoms with Crippen molar-refractivity contribution in [1.82, 2.24) is 4.90 Å². The van der Waals surface area contributed by atoms with Crippen LogP contribution in [-0.4, -0.2) is 36.0 Å². The Bertz CT molecular complexity index is 931. The number of rotatable bonds is 7. The maximum Gasteiger partial charge on any atom is 0.248 e. The van der Waals surface area contributed by atoms with Crippen molar-refractivity contribution >= 4 is 5.91 Å². The van der Waals surface area contributed by atoms with Crippen molar-refractivity contribution < 1.29 is 4.79 Å². The van der Waals surface area contributed by atoms with Gasteiger partial charge in [0.25, 0.3) is 0 Å². The Labute approximate surface area is 179 Å². The molecule has 0 spiro atoms. The Morgan fingerprint density at radius 3 is 2.33 bits per heavy atom. The lowest BCUT2D eigenvalue weighted by Crippen LogP contribution is -2.41. The van der Waals surface area contributed by atoms with Crippen molar-refractivity contribution in [2.45, 2.75) is 50.0 Å². The summed E-state index contributed by atoms with van der Waals surface area (Å²) in [5.41, 5.74) is 17.3. The topological polar surface area (TPSA) is 72.4 Å². The second-order valence-corrected chi connectivity index (χ2v) is 9.90. The number of piperidine rings is 1. The molecule has 2 atom stereocenters. The molecule has 0 aromatic heterocycles. The molecule has 1 aliphatic heterocycles. The third kappa shape index (κ3) is 3.17. The maximum absolute atomic E-state index is 11.6. The summed E-state index contributed by atoms with van der Waals surface area (Å²) in [6.07, 6.45) is 5.42. The van der Waals surface area contributed by atoms with Gasteiger partial charge in [-0.2, -0.15) is 0 Å². The number of benzene rings is 2. The van der Waals surface area contributed by atoms with E-state index in [-0.39, 0.29) is 16.9 Å². The lowest BCUT2D eigenvalue weighted by Gasteiger charge is -2.28. The molecule has 30 heavy (non-hydrogen) atoms. The molecule has 0 bridgehead atoms. The first-order valence-electron chi connectivity index (χ1n) is 11.4. The first kappa shape index (κ1) is 19.8. The molecule has 2 aromatic carbocycles. The Hall–Kier alpha value is -2.17. The molecular formula is C26H33N3O. The van der Waals surface area contributed by atoms with Crippen LogP contribution >= 0.6 is 0 Å². The van der Waals surface area contributed by atoms with Crippen LogP contribution < -0.4 is 11.5 Å². The largest absolute Gasteiger partial charge is 0.366 e. The van der Waals surface area contributed by atoms with Gasteiger partial charge >= 0.3 is 0 Å².